The molecule has 0 aliphatic carbocycles. The molecule has 0 saturated carbocycles. The second-order valence-corrected chi connectivity index (χ2v) is 6.41. The summed E-state index contributed by atoms with van der Waals surface area (Å²) in [5, 5.41) is 5.02. The first-order chi connectivity index (χ1) is 11.7. The Balaban J connectivity index is 2.74. The van der Waals surface area contributed by atoms with Gasteiger partial charge >= 0.3 is 12.1 Å². The van der Waals surface area contributed by atoms with Crippen LogP contribution in [-0.4, -0.2) is 42.8 Å². The van der Waals surface area contributed by atoms with Crippen LogP contribution in [0.15, 0.2) is 30.3 Å². The van der Waals surface area contributed by atoms with E-state index in [0.29, 0.717) is 0 Å². The van der Waals surface area contributed by atoms with E-state index in [4.69, 9.17) is 9.47 Å². The van der Waals surface area contributed by atoms with Crippen LogP contribution in [0.2, 0.25) is 0 Å². The van der Waals surface area contributed by atoms with Crippen LogP contribution in [0, 0.1) is 0 Å². The Hall–Kier alpha value is -2.57. The van der Waals surface area contributed by atoms with Crippen molar-refractivity contribution in [1.82, 2.24) is 10.6 Å². The fourth-order valence-corrected chi connectivity index (χ4v) is 2.00. The van der Waals surface area contributed by atoms with E-state index in [1.165, 1.54) is 0 Å². The largest absolute Gasteiger partial charge is 0.465 e. The maximum Gasteiger partial charge on any atom is 0.408 e. The molecule has 0 aliphatic heterocycles. The van der Waals surface area contributed by atoms with Gasteiger partial charge in [0.05, 0.1) is 6.61 Å². The molecular weight excluding hydrogens is 324 g/mol. The lowest BCUT2D eigenvalue weighted by molar-refractivity contribution is -0.143. The summed E-state index contributed by atoms with van der Waals surface area (Å²) in [6, 6.07) is 8.38. The predicted molar refractivity (Wildman–Crippen MR) is 92.9 cm³/mol. The van der Waals surface area contributed by atoms with Gasteiger partial charge in [0.25, 0.3) is 0 Å². The van der Waals surface area contributed by atoms with Crippen LogP contribution in [0.3, 0.4) is 0 Å². The summed E-state index contributed by atoms with van der Waals surface area (Å²) in [5.74, 6) is -1.02. The first kappa shape index (κ1) is 20.5. The summed E-state index contributed by atoms with van der Waals surface area (Å²) >= 11 is 0. The lowest BCUT2D eigenvalue weighted by Gasteiger charge is -2.23. The lowest BCUT2D eigenvalue weighted by atomic mass is 10.1. The van der Waals surface area contributed by atoms with E-state index < -0.39 is 29.6 Å². The number of benzene rings is 1. The number of alkyl carbamates (subject to hydrolysis) is 1. The number of carbonyl (C=O) groups is 3. The van der Waals surface area contributed by atoms with Gasteiger partial charge in [-0.2, -0.15) is 0 Å². The Bertz CT molecular complexity index is 581. The third kappa shape index (κ3) is 8.74. The Kier molecular flexibility index (Phi) is 7.91. The van der Waals surface area contributed by atoms with Crippen molar-refractivity contribution < 1.29 is 23.9 Å². The third-order valence-electron chi connectivity index (χ3n) is 3.00. The van der Waals surface area contributed by atoms with Gasteiger partial charge in [-0.1, -0.05) is 30.3 Å². The second-order valence-electron chi connectivity index (χ2n) is 6.41. The molecule has 1 atom stereocenters. The zero-order chi connectivity index (χ0) is 18.9. The normalized spacial score (nSPS) is 12.0. The maximum absolute atomic E-state index is 12.4. The van der Waals surface area contributed by atoms with Crippen LogP contribution in [0.1, 0.15) is 33.3 Å². The molecule has 0 bridgehead atoms. The molecule has 7 nitrogen and oxygen atoms in total. The predicted octanol–water partition coefficient (Wildman–Crippen LogP) is 1.80. The molecule has 1 aromatic rings. The van der Waals surface area contributed by atoms with E-state index >= 15 is 0 Å². The highest BCUT2D eigenvalue weighted by molar-refractivity contribution is 5.88. The number of nitrogens with one attached hydrogen (secondary N) is 2. The minimum absolute atomic E-state index is 0.234. The highest BCUT2D eigenvalue weighted by Gasteiger charge is 2.25. The smallest absolute Gasteiger partial charge is 0.408 e. The zero-order valence-corrected chi connectivity index (χ0v) is 15.1. The van der Waals surface area contributed by atoms with Crippen molar-refractivity contribution in [2.75, 3.05) is 13.2 Å². The van der Waals surface area contributed by atoms with Gasteiger partial charge in [0.15, 0.2) is 0 Å². The zero-order valence-electron chi connectivity index (χ0n) is 15.1. The first-order valence-corrected chi connectivity index (χ1v) is 8.18. The molecule has 0 radical (unpaired) electrons. The quantitative estimate of drug-likeness (QED) is 0.732. The SMILES string of the molecule is CCOC(=O)CNC(=O)C(Cc1ccccc1)NC(=O)OC(C)(C)C. The van der Waals surface area contributed by atoms with E-state index in [2.05, 4.69) is 10.6 Å². The highest BCUT2D eigenvalue weighted by atomic mass is 16.6. The van der Waals surface area contributed by atoms with E-state index in [-0.39, 0.29) is 19.6 Å². The molecule has 1 rings (SSSR count). The van der Waals surface area contributed by atoms with E-state index in [9.17, 15) is 14.4 Å². The van der Waals surface area contributed by atoms with Crippen LogP contribution >= 0.6 is 0 Å². The van der Waals surface area contributed by atoms with Crippen molar-refractivity contribution in [1.29, 1.82) is 0 Å². The first-order valence-electron chi connectivity index (χ1n) is 8.18. The average molecular weight is 350 g/mol. The van der Waals surface area contributed by atoms with Gasteiger partial charge in [-0.15, -0.1) is 0 Å². The summed E-state index contributed by atoms with van der Waals surface area (Å²) in [6.07, 6.45) is -0.422. The van der Waals surface area contributed by atoms with Gasteiger partial charge in [-0.3, -0.25) is 9.59 Å². The minimum atomic E-state index is -0.869. The fraction of sp³-hybridized carbons (Fsp3) is 0.500. The van der Waals surface area contributed by atoms with E-state index in [0.717, 1.165) is 5.56 Å². The Labute approximate surface area is 148 Å². The number of carbonyl (C=O) groups excluding carboxylic acids is 3. The van der Waals surface area contributed by atoms with Crippen molar-refractivity contribution in [2.24, 2.45) is 0 Å². The summed E-state index contributed by atoms with van der Waals surface area (Å²) in [5.41, 5.74) is 0.192. The molecule has 0 aromatic heterocycles. The molecule has 0 saturated heterocycles. The fourth-order valence-electron chi connectivity index (χ4n) is 2.00. The lowest BCUT2D eigenvalue weighted by Crippen LogP contribution is -2.50. The second kappa shape index (κ2) is 9.66. The molecule has 0 aliphatic rings. The van der Waals surface area contributed by atoms with Gasteiger partial charge in [0.1, 0.15) is 18.2 Å². The number of ether oxygens (including phenoxy) is 2. The number of esters is 1. The van der Waals surface area contributed by atoms with Gasteiger partial charge < -0.3 is 20.1 Å². The number of amides is 2. The molecule has 0 heterocycles. The van der Waals surface area contributed by atoms with Crippen LogP contribution in [-0.2, 0) is 25.5 Å². The van der Waals surface area contributed by atoms with Gasteiger partial charge in [-0.25, -0.2) is 4.79 Å². The minimum Gasteiger partial charge on any atom is -0.465 e. The average Bonchev–Trinajstić information content (AvgIpc) is 2.51. The Morgan fingerprint density at radius 3 is 2.32 bits per heavy atom. The van der Waals surface area contributed by atoms with Crippen molar-refractivity contribution >= 4 is 18.0 Å². The van der Waals surface area contributed by atoms with Crippen molar-refractivity contribution in [2.45, 2.75) is 45.8 Å². The molecule has 0 fully saturated rings. The molecule has 2 amide bonds. The van der Waals surface area contributed by atoms with Crippen molar-refractivity contribution in [3.8, 4) is 0 Å². The monoisotopic (exact) mass is 350 g/mol. The maximum atomic E-state index is 12.4. The third-order valence-corrected chi connectivity index (χ3v) is 3.00. The van der Waals surface area contributed by atoms with Gasteiger partial charge in [0.2, 0.25) is 5.91 Å². The van der Waals surface area contributed by atoms with Gasteiger partial charge in [-0.05, 0) is 33.3 Å². The Morgan fingerprint density at radius 2 is 1.76 bits per heavy atom. The van der Waals surface area contributed by atoms with Crippen molar-refractivity contribution in [3.63, 3.8) is 0 Å². The molecule has 7 heteroatoms. The standard InChI is InChI=1S/C18H26N2O5/c1-5-24-15(21)12-19-16(22)14(11-13-9-7-6-8-10-13)20-17(23)25-18(2,3)4/h6-10,14H,5,11-12H2,1-4H3,(H,19,22)(H,20,23). The molecule has 2 N–H and O–H groups in total. The topological polar surface area (TPSA) is 93.7 Å². The molecular formula is C18H26N2O5. The van der Waals surface area contributed by atoms with Crippen molar-refractivity contribution in [3.05, 3.63) is 35.9 Å². The summed E-state index contributed by atoms with van der Waals surface area (Å²) < 4.78 is 9.97. The molecule has 138 valence electrons. The molecule has 1 aromatic carbocycles. The summed E-state index contributed by atoms with van der Waals surface area (Å²) in [4.78, 5) is 35.8. The van der Waals surface area contributed by atoms with E-state index in [1.54, 1.807) is 27.7 Å². The molecule has 0 spiro atoms. The number of rotatable bonds is 7. The van der Waals surface area contributed by atoms with E-state index in [1.807, 2.05) is 30.3 Å². The van der Waals surface area contributed by atoms with Crippen LogP contribution in [0.4, 0.5) is 4.79 Å². The van der Waals surface area contributed by atoms with Crippen LogP contribution in [0.5, 0.6) is 0 Å². The Morgan fingerprint density at radius 1 is 1.12 bits per heavy atom. The van der Waals surface area contributed by atoms with Gasteiger partial charge in [0, 0.05) is 6.42 Å². The molecule has 1 unspecified atom stereocenters. The number of hydrogen-bond donors (Lipinski definition) is 2. The van der Waals surface area contributed by atoms with Crippen LogP contribution < -0.4 is 10.6 Å². The summed E-state index contributed by atoms with van der Waals surface area (Å²) in [7, 11) is 0. The summed E-state index contributed by atoms with van der Waals surface area (Å²) in [6.45, 7) is 6.87. The molecule has 25 heavy (non-hydrogen) atoms. The van der Waals surface area contributed by atoms with Crippen LogP contribution in [0.25, 0.3) is 0 Å². The number of hydrogen-bond acceptors (Lipinski definition) is 5. The highest BCUT2D eigenvalue weighted by Crippen LogP contribution is 2.08.